The summed E-state index contributed by atoms with van der Waals surface area (Å²) in [7, 11) is 0. The molecule has 0 rings (SSSR count). The summed E-state index contributed by atoms with van der Waals surface area (Å²) in [4.78, 5) is 9.60. The Morgan fingerprint density at radius 1 is 1.71 bits per heavy atom. The summed E-state index contributed by atoms with van der Waals surface area (Å²) < 4.78 is 0. The summed E-state index contributed by atoms with van der Waals surface area (Å²) in [6, 6.07) is 0. The second-order valence-electron chi connectivity index (χ2n) is 1.09. The maximum Gasteiger partial charge on any atom is 0.330 e. The first-order valence-electron chi connectivity index (χ1n) is 1.53. The van der Waals surface area contributed by atoms with Crippen LogP contribution in [0, 0.1) is 0 Å². The predicted molar refractivity (Wildman–Crippen MR) is 22.4 cm³/mol. The van der Waals surface area contributed by atoms with Gasteiger partial charge in [-0.2, -0.15) is 0 Å². The molecular formula is C4H6O2V. The second-order valence-corrected chi connectivity index (χ2v) is 1.09. The summed E-state index contributed by atoms with van der Waals surface area (Å²) in [5.41, 5.74) is 0.176. The van der Waals surface area contributed by atoms with Crippen LogP contribution in [0.4, 0.5) is 0 Å². The van der Waals surface area contributed by atoms with Gasteiger partial charge in [-0.15, -0.1) is 0 Å². The van der Waals surface area contributed by atoms with Gasteiger partial charge in [0.25, 0.3) is 0 Å². The molecule has 0 saturated heterocycles. The van der Waals surface area contributed by atoms with Gasteiger partial charge in [0, 0.05) is 24.1 Å². The maximum absolute atomic E-state index is 9.60. The van der Waals surface area contributed by atoms with E-state index in [0.717, 1.165) is 0 Å². The summed E-state index contributed by atoms with van der Waals surface area (Å²) in [5, 5.41) is 7.89. The summed E-state index contributed by atoms with van der Waals surface area (Å²) in [6.45, 7) is 4.60. The van der Waals surface area contributed by atoms with Gasteiger partial charge >= 0.3 is 5.97 Å². The second kappa shape index (κ2) is 3.97. The van der Waals surface area contributed by atoms with Crippen molar-refractivity contribution in [3.63, 3.8) is 0 Å². The fraction of sp³-hybridized carbons (Fsp3) is 0.250. The third kappa shape index (κ3) is 5.79. The van der Waals surface area contributed by atoms with Gasteiger partial charge < -0.3 is 5.11 Å². The minimum atomic E-state index is -0.935. The van der Waals surface area contributed by atoms with Crippen molar-refractivity contribution >= 4 is 5.97 Å². The van der Waals surface area contributed by atoms with Gasteiger partial charge in [-0.1, -0.05) is 6.58 Å². The van der Waals surface area contributed by atoms with Gasteiger partial charge in [0.1, 0.15) is 0 Å². The Balaban J connectivity index is 0. The van der Waals surface area contributed by atoms with Crippen molar-refractivity contribution in [2.75, 3.05) is 0 Å². The van der Waals surface area contributed by atoms with E-state index in [9.17, 15) is 4.79 Å². The van der Waals surface area contributed by atoms with E-state index in [1.807, 2.05) is 0 Å². The smallest absolute Gasteiger partial charge is 0.330 e. The Hall–Kier alpha value is -0.206. The van der Waals surface area contributed by atoms with E-state index >= 15 is 0 Å². The van der Waals surface area contributed by atoms with Crippen LogP contribution in [0.3, 0.4) is 0 Å². The third-order valence-electron chi connectivity index (χ3n) is 0.365. The number of rotatable bonds is 1. The third-order valence-corrected chi connectivity index (χ3v) is 0.365. The minimum absolute atomic E-state index is 0. The number of hydrogen-bond acceptors (Lipinski definition) is 1. The molecule has 0 aliphatic carbocycles. The van der Waals surface area contributed by atoms with Gasteiger partial charge in [-0.05, 0) is 6.92 Å². The Morgan fingerprint density at radius 3 is 1.86 bits per heavy atom. The molecule has 0 amide bonds. The number of aliphatic carboxylic acids is 1. The molecule has 0 aromatic carbocycles. The number of carbonyl (C=O) groups is 1. The van der Waals surface area contributed by atoms with Gasteiger partial charge in [0.15, 0.2) is 0 Å². The molecule has 0 aromatic heterocycles. The van der Waals surface area contributed by atoms with Crippen LogP contribution in [0.5, 0.6) is 0 Å². The van der Waals surface area contributed by atoms with E-state index in [1.54, 1.807) is 0 Å². The van der Waals surface area contributed by atoms with Crippen molar-refractivity contribution in [1.82, 2.24) is 0 Å². The molecule has 0 unspecified atom stereocenters. The molecule has 0 bridgehead atoms. The van der Waals surface area contributed by atoms with Crippen molar-refractivity contribution in [2.24, 2.45) is 0 Å². The Morgan fingerprint density at radius 2 is 1.86 bits per heavy atom. The molecule has 0 saturated carbocycles. The van der Waals surface area contributed by atoms with E-state index in [4.69, 9.17) is 5.11 Å². The molecule has 2 nitrogen and oxygen atoms in total. The average molecular weight is 137 g/mol. The monoisotopic (exact) mass is 137 g/mol. The van der Waals surface area contributed by atoms with E-state index in [1.165, 1.54) is 6.92 Å². The maximum atomic E-state index is 9.60. The topological polar surface area (TPSA) is 37.3 Å². The summed E-state index contributed by atoms with van der Waals surface area (Å²) >= 11 is 0. The van der Waals surface area contributed by atoms with Crippen molar-refractivity contribution in [3.05, 3.63) is 12.2 Å². The quantitative estimate of drug-likeness (QED) is 0.538. The van der Waals surface area contributed by atoms with Crippen LogP contribution >= 0.6 is 0 Å². The molecule has 0 aliphatic rings. The van der Waals surface area contributed by atoms with Crippen molar-refractivity contribution in [2.45, 2.75) is 6.92 Å². The minimum Gasteiger partial charge on any atom is -0.478 e. The molecule has 1 radical (unpaired) electrons. The first kappa shape index (κ1) is 9.92. The number of carboxylic acids is 1. The van der Waals surface area contributed by atoms with Gasteiger partial charge in [-0.25, -0.2) is 4.79 Å². The molecule has 0 atom stereocenters. The largest absolute Gasteiger partial charge is 0.478 e. The molecule has 7 heavy (non-hydrogen) atoms. The van der Waals surface area contributed by atoms with Crippen LogP contribution in [0.15, 0.2) is 12.2 Å². The molecule has 0 heterocycles. The van der Waals surface area contributed by atoms with Gasteiger partial charge in [-0.3, -0.25) is 0 Å². The Bertz CT molecular complexity index is 75.7. The molecule has 0 fully saturated rings. The zero-order valence-corrected chi connectivity index (χ0v) is 5.41. The zero-order chi connectivity index (χ0) is 5.15. The van der Waals surface area contributed by atoms with Crippen molar-refractivity contribution in [1.29, 1.82) is 0 Å². The van der Waals surface area contributed by atoms with Gasteiger partial charge in [0.2, 0.25) is 0 Å². The predicted octanol–water partition coefficient (Wildman–Crippen LogP) is 0.645. The van der Waals surface area contributed by atoms with Crippen molar-refractivity contribution < 1.29 is 28.5 Å². The van der Waals surface area contributed by atoms with E-state index in [0.29, 0.717) is 0 Å². The molecule has 39 valence electrons. The molecule has 0 aliphatic heterocycles. The van der Waals surface area contributed by atoms with Gasteiger partial charge in [0.05, 0.1) is 0 Å². The van der Waals surface area contributed by atoms with Crippen LogP contribution in [0.25, 0.3) is 0 Å². The standard InChI is InChI=1S/C4H6O2.V/c1-3(2)4(5)6;/h1H2,2H3,(H,5,6);. The van der Waals surface area contributed by atoms with Crippen LogP contribution in [0.1, 0.15) is 6.92 Å². The van der Waals surface area contributed by atoms with Crippen LogP contribution < -0.4 is 0 Å². The first-order valence-corrected chi connectivity index (χ1v) is 1.53. The molecule has 3 heteroatoms. The normalized spacial score (nSPS) is 6.43. The Kier molecular flexibility index (Phi) is 5.62. The van der Waals surface area contributed by atoms with Crippen LogP contribution in [0.2, 0.25) is 0 Å². The molecule has 0 aromatic rings. The van der Waals surface area contributed by atoms with E-state index < -0.39 is 5.97 Å². The summed E-state index contributed by atoms with van der Waals surface area (Å²) in [5.74, 6) is -0.935. The van der Waals surface area contributed by atoms with Crippen LogP contribution in [-0.4, -0.2) is 11.1 Å². The molecular weight excluding hydrogens is 131 g/mol. The average Bonchev–Trinajstić information content (AvgIpc) is 1.36. The Labute approximate surface area is 54.1 Å². The fourth-order valence-corrected chi connectivity index (χ4v) is 0. The zero-order valence-electron chi connectivity index (χ0n) is 4.01. The molecule has 1 N–H and O–H groups in total. The first-order chi connectivity index (χ1) is 2.64. The number of carboxylic acid groups (broad SMARTS) is 1. The fourth-order valence-electron chi connectivity index (χ4n) is 0. The summed E-state index contributed by atoms with van der Waals surface area (Å²) in [6.07, 6.45) is 0. The number of hydrogen-bond donors (Lipinski definition) is 1. The van der Waals surface area contributed by atoms with E-state index in [-0.39, 0.29) is 24.1 Å². The molecule has 0 spiro atoms. The van der Waals surface area contributed by atoms with Crippen LogP contribution in [-0.2, 0) is 23.4 Å². The van der Waals surface area contributed by atoms with Crippen molar-refractivity contribution in [3.8, 4) is 0 Å². The SMILES string of the molecule is C=C(C)C(=O)O.[V]. The van der Waals surface area contributed by atoms with E-state index in [2.05, 4.69) is 6.58 Å².